The Labute approximate surface area is 105 Å². The highest BCUT2D eigenvalue weighted by atomic mass is 19.2. The first kappa shape index (κ1) is 13.0. The van der Waals surface area contributed by atoms with E-state index in [9.17, 15) is 13.6 Å². The molecule has 1 N–H and O–H groups in total. The van der Waals surface area contributed by atoms with Gasteiger partial charge in [-0.15, -0.1) is 0 Å². The van der Waals surface area contributed by atoms with Gasteiger partial charge in [0.1, 0.15) is 0 Å². The van der Waals surface area contributed by atoms with Gasteiger partial charge in [0.05, 0.1) is 0 Å². The number of carbonyl (C=O) groups excluding carboxylic acids is 1. The highest BCUT2D eigenvalue weighted by Gasteiger charge is 2.16. The normalized spacial score (nSPS) is 17.2. The maximum Gasteiger partial charge on any atom is 0.251 e. The molecule has 0 saturated heterocycles. The maximum atomic E-state index is 13.0. The van der Waals surface area contributed by atoms with Gasteiger partial charge in [-0.05, 0) is 31.0 Å². The molecule has 0 spiro atoms. The van der Waals surface area contributed by atoms with Crippen LogP contribution in [-0.2, 0) is 0 Å². The van der Waals surface area contributed by atoms with Crippen LogP contribution in [0.4, 0.5) is 8.78 Å². The Balaban J connectivity index is 1.99. The molecule has 0 radical (unpaired) electrons. The van der Waals surface area contributed by atoms with Gasteiger partial charge in [0.2, 0.25) is 0 Å². The average molecular weight is 253 g/mol. The lowest BCUT2D eigenvalue weighted by Crippen LogP contribution is -2.34. The molecule has 1 saturated carbocycles. The van der Waals surface area contributed by atoms with Crippen molar-refractivity contribution in [1.82, 2.24) is 5.32 Å². The zero-order valence-corrected chi connectivity index (χ0v) is 10.2. The van der Waals surface area contributed by atoms with Gasteiger partial charge >= 0.3 is 0 Å². The van der Waals surface area contributed by atoms with Crippen molar-refractivity contribution in [2.24, 2.45) is 0 Å². The Kier molecular flexibility index (Phi) is 4.28. The zero-order valence-electron chi connectivity index (χ0n) is 10.2. The summed E-state index contributed by atoms with van der Waals surface area (Å²) >= 11 is 0. The fourth-order valence-corrected chi connectivity index (χ4v) is 2.33. The van der Waals surface area contributed by atoms with Crippen LogP contribution in [0.3, 0.4) is 0 Å². The van der Waals surface area contributed by atoms with E-state index < -0.39 is 11.6 Å². The van der Waals surface area contributed by atoms with Gasteiger partial charge in [-0.3, -0.25) is 4.79 Å². The number of amides is 1. The number of nitrogens with one attached hydrogen (secondary N) is 1. The first-order valence-electron chi connectivity index (χ1n) is 6.43. The van der Waals surface area contributed by atoms with E-state index in [1.54, 1.807) is 0 Å². The van der Waals surface area contributed by atoms with Crippen LogP contribution in [0, 0.1) is 11.6 Å². The predicted molar refractivity (Wildman–Crippen MR) is 65.3 cm³/mol. The van der Waals surface area contributed by atoms with E-state index in [4.69, 9.17) is 0 Å². The fraction of sp³-hybridized carbons (Fsp3) is 0.500. The summed E-state index contributed by atoms with van der Waals surface area (Å²) in [5, 5.41) is 2.89. The summed E-state index contributed by atoms with van der Waals surface area (Å²) in [7, 11) is 0. The molecule has 0 aliphatic heterocycles. The lowest BCUT2D eigenvalue weighted by atomic mass is 10.1. The smallest absolute Gasteiger partial charge is 0.251 e. The van der Waals surface area contributed by atoms with E-state index in [1.807, 2.05) is 0 Å². The summed E-state index contributed by atoms with van der Waals surface area (Å²) in [6.07, 6.45) is 6.57. The summed E-state index contributed by atoms with van der Waals surface area (Å²) in [5.74, 6) is -2.23. The molecule has 1 aromatic rings. The molecule has 0 atom stereocenters. The molecule has 1 aromatic carbocycles. The maximum absolute atomic E-state index is 13.0. The van der Waals surface area contributed by atoms with Gasteiger partial charge in [-0.1, -0.05) is 25.7 Å². The van der Waals surface area contributed by atoms with Crippen molar-refractivity contribution in [3.8, 4) is 0 Å². The number of carbonyl (C=O) groups is 1. The number of benzene rings is 1. The average Bonchev–Trinajstić information content (AvgIpc) is 2.61. The first-order valence-corrected chi connectivity index (χ1v) is 6.43. The van der Waals surface area contributed by atoms with Crippen LogP contribution in [0.25, 0.3) is 0 Å². The fourth-order valence-electron chi connectivity index (χ4n) is 2.33. The summed E-state index contributed by atoms with van der Waals surface area (Å²) in [6, 6.07) is 3.40. The zero-order chi connectivity index (χ0) is 13.0. The topological polar surface area (TPSA) is 29.1 Å². The molecule has 0 aromatic heterocycles. The molecule has 4 heteroatoms. The Morgan fingerprint density at radius 1 is 1.06 bits per heavy atom. The summed E-state index contributed by atoms with van der Waals surface area (Å²) < 4.78 is 25.8. The van der Waals surface area contributed by atoms with E-state index in [0.717, 1.165) is 37.8 Å². The van der Waals surface area contributed by atoms with Crippen molar-refractivity contribution in [3.05, 3.63) is 35.4 Å². The Morgan fingerprint density at radius 3 is 2.33 bits per heavy atom. The minimum atomic E-state index is -0.983. The highest BCUT2D eigenvalue weighted by Crippen LogP contribution is 2.18. The van der Waals surface area contributed by atoms with Crippen molar-refractivity contribution in [3.63, 3.8) is 0 Å². The third-order valence-electron chi connectivity index (χ3n) is 3.37. The van der Waals surface area contributed by atoms with Gasteiger partial charge < -0.3 is 5.32 Å². The Morgan fingerprint density at radius 2 is 1.72 bits per heavy atom. The largest absolute Gasteiger partial charge is 0.349 e. The second-order valence-corrected chi connectivity index (χ2v) is 4.79. The van der Waals surface area contributed by atoms with Crippen molar-refractivity contribution >= 4 is 5.91 Å². The van der Waals surface area contributed by atoms with Gasteiger partial charge in [0.15, 0.2) is 11.6 Å². The molecule has 1 amide bonds. The number of hydrogen-bond donors (Lipinski definition) is 1. The minimum Gasteiger partial charge on any atom is -0.349 e. The molecule has 98 valence electrons. The molecular formula is C14H17F2NO. The predicted octanol–water partition coefficient (Wildman–Crippen LogP) is 3.42. The summed E-state index contributed by atoms with van der Waals surface area (Å²) in [5.41, 5.74) is 0.179. The molecule has 0 unspecified atom stereocenters. The van der Waals surface area contributed by atoms with Crippen LogP contribution < -0.4 is 5.32 Å². The third kappa shape index (κ3) is 3.28. The molecule has 0 heterocycles. The molecule has 1 aliphatic rings. The van der Waals surface area contributed by atoms with Crippen LogP contribution in [0.1, 0.15) is 48.9 Å². The van der Waals surface area contributed by atoms with Crippen LogP contribution in [0.15, 0.2) is 18.2 Å². The van der Waals surface area contributed by atoms with Gasteiger partial charge in [-0.25, -0.2) is 8.78 Å². The molecule has 18 heavy (non-hydrogen) atoms. The second-order valence-electron chi connectivity index (χ2n) is 4.79. The van der Waals surface area contributed by atoms with Gasteiger partial charge in [0.25, 0.3) is 5.91 Å². The molecule has 1 fully saturated rings. The van der Waals surface area contributed by atoms with Gasteiger partial charge in [0, 0.05) is 11.6 Å². The minimum absolute atomic E-state index is 0.160. The van der Waals surface area contributed by atoms with Crippen molar-refractivity contribution in [2.45, 2.75) is 44.6 Å². The van der Waals surface area contributed by atoms with E-state index in [1.165, 1.54) is 18.9 Å². The molecule has 2 rings (SSSR count). The number of halogens is 2. The van der Waals surface area contributed by atoms with Crippen molar-refractivity contribution in [1.29, 1.82) is 0 Å². The number of rotatable bonds is 2. The molecule has 2 nitrogen and oxygen atoms in total. The molecule has 1 aliphatic carbocycles. The lowest BCUT2D eigenvalue weighted by Gasteiger charge is -2.16. The molecule has 0 bridgehead atoms. The summed E-state index contributed by atoms with van der Waals surface area (Å²) in [4.78, 5) is 11.9. The van der Waals surface area contributed by atoms with Crippen LogP contribution in [-0.4, -0.2) is 11.9 Å². The summed E-state index contributed by atoms with van der Waals surface area (Å²) in [6.45, 7) is 0. The van der Waals surface area contributed by atoms with Crippen LogP contribution >= 0.6 is 0 Å². The third-order valence-corrected chi connectivity index (χ3v) is 3.37. The highest BCUT2D eigenvalue weighted by molar-refractivity contribution is 5.94. The van der Waals surface area contributed by atoms with Crippen LogP contribution in [0.2, 0.25) is 0 Å². The number of hydrogen-bond acceptors (Lipinski definition) is 1. The van der Waals surface area contributed by atoms with Crippen LogP contribution in [0.5, 0.6) is 0 Å². The van der Waals surface area contributed by atoms with Gasteiger partial charge in [-0.2, -0.15) is 0 Å². The van der Waals surface area contributed by atoms with E-state index >= 15 is 0 Å². The van der Waals surface area contributed by atoms with E-state index in [-0.39, 0.29) is 17.5 Å². The monoisotopic (exact) mass is 253 g/mol. The second kappa shape index (κ2) is 5.94. The SMILES string of the molecule is O=C(NC1CCCCCC1)c1ccc(F)c(F)c1. The lowest BCUT2D eigenvalue weighted by molar-refractivity contribution is 0.0933. The standard InChI is InChI=1S/C14H17F2NO/c15-12-8-7-10(9-13(12)16)14(18)17-11-5-3-1-2-4-6-11/h7-9,11H,1-6H2,(H,17,18). The van der Waals surface area contributed by atoms with E-state index in [0.29, 0.717) is 0 Å². The first-order chi connectivity index (χ1) is 8.66. The Hall–Kier alpha value is -1.45. The van der Waals surface area contributed by atoms with E-state index in [2.05, 4.69) is 5.32 Å². The van der Waals surface area contributed by atoms with Crippen molar-refractivity contribution < 1.29 is 13.6 Å². The van der Waals surface area contributed by atoms with Crippen molar-refractivity contribution in [2.75, 3.05) is 0 Å². The Bertz CT molecular complexity index is 426. The quantitative estimate of drug-likeness (QED) is 0.804. The molecular weight excluding hydrogens is 236 g/mol.